The molecule has 1 N–H and O–H groups in total. The van der Waals surface area contributed by atoms with Crippen molar-refractivity contribution in [1.29, 1.82) is 0 Å². The minimum absolute atomic E-state index is 0.185. The van der Waals surface area contributed by atoms with Gasteiger partial charge in [0, 0.05) is 23.1 Å². The van der Waals surface area contributed by atoms with Gasteiger partial charge in [-0.2, -0.15) is 0 Å². The Bertz CT molecular complexity index is 586. The normalized spacial score (nSPS) is 12.4. The molecule has 1 nitrogen and oxygen atoms in total. The lowest BCUT2D eigenvalue weighted by Gasteiger charge is -2.11. The summed E-state index contributed by atoms with van der Waals surface area (Å²) in [7, 11) is 0. The minimum atomic E-state index is -0.666. The molecule has 0 fully saturated rings. The van der Waals surface area contributed by atoms with Crippen LogP contribution >= 0.6 is 11.8 Å². The van der Waals surface area contributed by atoms with Crippen molar-refractivity contribution >= 4 is 11.8 Å². The van der Waals surface area contributed by atoms with Gasteiger partial charge in [0.1, 0.15) is 11.6 Å². The second-order valence-electron chi connectivity index (χ2n) is 4.72. The van der Waals surface area contributed by atoms with E-state index in [2.05, 4.69) is 0 Å². The first-order valence-corrected chi connectivity index (χ1v) is 7.34. The van der Waals surface area contributed by atoms with Crippen molar-refractivity contribution < 1.29 is 13.9 Å². The molecule has 0 aliphatic rings. The number of hydrogen-bond acceptors (Lipinski definition) is 2. The number of benzene rings is 2. The lowest BCUT2D eigenvalue weighted by Crippen LogP contribution is -2.14. The summed E-state index contributed by atoms with van der Waals surface area (Å²) in [6.45, 7) is 2.01. The third-order valence-electron chi connectivity index (χ3n) is 2.90. The van der Waals surface area contributed by atoms with Crippen LogP contribution in [0.25, 0.3) is 0 Å². The number of aliphatic hydroxyl groups excluding tert-OH is 1. The number of thioether (sulfide) groups is 1. The summed E-state index contributed by atoms with van der Waals surface area (Å²) in [5, 5.41) is 9.95. The van der Waals surface area contributed by atoms with Gasteiger partial charge >= 0.3 is 0 Å². The van der Waals surface area contributed by atoms with Gasteiger partial charge in [0.2, 0.25) is 0 Å². The zero-order valence-electron chi connectivity index (χ0n) is 11.1. The lowest BCUT2D eigenvalue weighted by molar-refractivity contribution is 0.198. The zero-order valence-corrected chi connectivity index (χ0v) is 12.0. The maximum Gasteiger partial charge on any atom is 0.129 e. The summed E-state index contributed by atoms with van der Waals surface area (Å²) < 4.78 is 26.3. The maximum absolute atomic E-state index is 13.5. The third-order valence-corrected chi connectivity index (χ3v) is 4.04. The molecule has 0 saturated heterocycles. The number of halogens is 2. The molecule has 106 valence electrons. The molecule has 1 atom stereocenters. The van der Waals surface area contributed by atoms with E-state index < -0.39 is 17.7 Å². The molecule has 0 bridgehead atoms. The lowest BCUT2D eigenvalue weighted by atomic mass is 10.1. The second-order valence-corrected chi connectivity index (χ2v) is 5.81. The smallest absolute Gasteiger partial charge is 0.129 e. The highest BCUT2D eigenvalue weighted by Gasteiger charge is 2.11. The summed E-state index contributed by atoms with van der Waals surface area (Å²) >= 11 is 1.52. The topological polar surface area (TPSA) is 20.2 Å². The summed E-state index contributed by atoms with van der Waals surface area (Å²) in [6.07, 6.45) is -0.481. The predicted molar refractivity (Wildman–Crippen MR) is 78.0 cm³/mol. The molecule has 0 aliphatic heterocycles. The van der Waals surface area contributed by atoms with E-state index in [1.807, 2.05) is 31.2 Å². The Hall–Kier alpha value is -1.39. The molecule has 0 amide bonds. The average Bonchev–Trinajstić information content (AvgIpc) is 2.40. The Morgan fingerprint density at radius 1 is 1.15 bits per heavy atom. The maximum atomic E-state index is 13.5. The van der Waals surface area contributed by atoms with Gasteiger partial charge in [0.05, 0.1) is 6.10 Å². The molecular formula is C16H16F2OS. The van der Waals surface area contributed by atoms with Crippen LogP contribution in [-0.4, -0.2) is 17.0 Å². The minimum Gasteiger partial charge on any atom is -0.392 e. The number of aryl methyl sites for hydroxylation is 1. The van der Waals surface area contributed by atoms with E-state index in [1.54, 1.807) is 0 Å². The van der Waals surface area contributed by atoms with Gasteiger partial charge < -0.3 is 5.11 Å². The van der Waals surface area contributed by atoms with Gasteiger partial charge in [-0.15, -0.1) is 11.8 Å². The van der Waals surface area contributed by atoms with Gasteiger partial charge in [-0.3, -0.25) is 0 Å². The molecule has 4 heteroatoms. The van der Waals surface area contributed by atoms with Gasteiger partial charge in [-0.1, -0.05) is 23.8 Å². The highest BCUT2D eigenvalue weighted by Crippen LogP contribution is 2.21. The van der Waals surface area contributed by atoms with Crippen molar-refractivity contribution in [3.8, 4) is 0 Å². The van der Waals surface area contributed by atoms with Crippen molar-refractivity contribution in [3.05, 3.63) is 65.2 Å². The Labute approximate surface area is 121 Å². The Balaban J connectivity index is 1.90. The SMILES string of the molecule is Cc1cccc(SCC(O)Cc2ccc(F)cc2F)c1. The van der Waals surface area contributed by atoms with Crippen LogP contribution in [0.1, 0.15) is 11.1 Å². The largest absolute Gasteiger partial charge is 0.392 e. The van der Waals surface area contributed by atoms with Crippen LogP contribution in [0.4, 0.5) is 8.78 Å². The predicted octanol–water partition coefficient (Wildman–Crippen LogP) is 3.97. The average molecular weight is 294 g/mol. The van der Waals surface area contributed by atoms with E-state index in [0.717, 1.165) is 16.5 Å². The molecule has 2 aromatic carbocycles. The van der Waals surface area contributed by atoms with Crippen LogP contribution in [0.5, 0.6) is 0 Å². The van der Waals surface area contributed by atoms with Crippen LogP contribution in [0.2, 0.25) is 0 Å². The number of rotatable bonds is 5. The van der Waals surface area contributed by atoms with E-state index in [4.69, 9.17) is 0 Å². The van der Waals surface area contributed by atoms with E-state index in [0.29, 0.717) is 11.3 Å². The molecule has 2 aromatic rings. The third kappa shape index (κ3) is 4.32. The van der Waals surface area contributed by atoms with Crippen LogP contribution in [0.3, 0.4) is 0 Å². The van der Waals surface area contributed by atoms with Crippen LogP contribution in [0, 0.1) is 18.6 Å². The van der Waals surface area contributed by atoms with Gasteiger partial charge in [-0.25, -0.2) is 8.78 Å². The molecule has 0 saturated carbocycles. The molecule has 0 radical (unpaired) electrons. The van der Waals surface area contributed by atoms with E-state index in [9.17, 15) is 13.9 Å². The standard InChI is InChI=1S/C16H16F2OS/c1-11-3-2-4-15(7-11)20-10-14(19)8-12-5-6-13(17)9-16(12)18/h2-7,9,14,19H,8,10H2,1H3. The van der Waals surface area contributed by atoms with Crippen molar-refractivity contribution in [1.82, 2.24) is 0 Å². The van der Waals surface area contributed by atoms with Crippen molar-refractivity contribution in [2.75, 3.05) is 5.75 Å². The fourth-order valence-corrected chi connectivity index (χ4v) is 2.84. The molecule has 0 aromatic heterocycles. The quantitative estimate of drug-likeness (QED) is 0.842. The van der Waals surface area contributed by atoms with Crippen molar-refractivity contribution in [2.45, 2.75) is 24.3 Å². The fourth-order valence-electron chi connectivity index (χ4n) is 1.90. The first-order valence-electron chi connectivity index (χ1n) is 6.36. The van der Waals surface area contributed by atoms with Crippen molar-refractivity contribution in [2.24, 2.45) is 0 Å². The molecule has 1 unspecified atom stereocenters. The Kier molecular flexibility index (Phi) is 5.15. The molecular weight excluding hydrogens is 278 g/mol. The highest BCUT2D eigenvalue weighted by atomic mass is 32.2. The summed E-state index contributed by atoms with van der Waals surface area (Å²) in [5.41, 5.74) is 1.50. The molecule has 0 spiro atoms. The first kappa shape index (κ1) is 15.0. The molecule has 2 rings (SSSR count). The van der Waals surface area contributed by atoms with Crippen LogP contribution in [-0.2, 0) is 6.42 Å². The monoisotopic (exact) mass is 294 g/mol. The molecule has 0 aliphatic carbocycles. The van der Waals surface area contributed by atoms with Crippen LogP contribution in [0.15, 0.2) is 47.4 Å². The van der Waals surface area contributed by atoms with Crippen molar-refractivity contribution in [3.63, 3.8) is 0 Å². The first-order chi connectivity index (χ1) is 9.54. The number of aliphatic hydroxyl groups is 1. The van der Waals surface area contributed by atoms with Gasteiger partial charge in [0.25, 0.3) is 0 Å². The Morgan fingerprint density at radius 2 is 1.95 bits per heavy atom. The van der Waals surface area contributed by atoms with Gasteiger partial charge in [-0.05, 0) is 30.7 Å². The fraction of sp³-hybridized carbons (Fsp3) is 0.250. The zero-order chi connectivity index (χ0) is 14.5. The van der Waals surface area contributed by atoms with Crippen LogP contribution < -0.4 is 0 Å². The summed E-state index contributed by atoms with van der Waals surface area (Å²) in [5.74, 6) is -0.736. The van der Waals surface area contributed by atoms with E-state index >= 15 is 0 Å². The Morgan fingerprint density at radius 3 is 2.65 bits per heavy atom. The highest BCUT2D eigenvalue weighted by molar-refractivity contribution is 7.99. The number of hydrogen-bond donors (Lipinski definition) is 1. The second kappa shape index (κ2) is 6.86. The summed E-state index contributed by atoms with van der Waals surface area (Å²) in [4.78, 5) is 1.07. The van der Waals surface area contributed by atoms with Gasteiger partial charge in [0.15, 0.2) is 0 Å². The molecule has 20 heavy (non-hydrogen) atoms. The van der Waals surface area contributed by atoms with E-state index in [1.165, 1.54) is 23.9 Å². The summed E-state index contributed by atoms with van der Waals surface area (Å²) in [6, 6.07) is 11.4. The molecule has 0 heterocycles. The van der Waals surface area contributed by atoms with E-state index in [-0.39, 0.29) is 6.42 Å².